The van der Waals surface area contributed by atoms with Gasteiger partial charge >= 0.3 is 5.97 Å². The van der Waals surface area contributed by atoms with Crippen LogP contribution < -0.4 is 0 Å². The van der Waals surface area contributed by atoms with Gasteiger partial charge in [-0.1, -0.05) is 62.3 Å². The summed E-state index contributed by atoms with van der Waals surface area (Å²) in [6.45, 7) is 13.2. The van der Waals surface area contributed by atoms with Crippen molar-refractivity contribution in [1.29, 1.82) is 0 Å². The van der Waals surface area contributed by atoms with E-state index in [4.69, 9.17) is 5.11 Å². The molecular weight excluding hydrogens is 243 g/mol. The molecule has 0 aromatic heterocycles. The lowest BCUT2D eigenvalue weighted by molar-refractivity contribution is -0.139. The molecule has 0 saturated heterocycles. The van der Waals surface area contributed by atoms with Gasteiger partial charge in [0, 0.05) is 0 Å². The third-order valence-corrected chi connectivity index (χ3v) is 7.50. The molecule has 4 heteroatoms. The largest absolute Gasteiger partial charge is 0.481 e. The van der Waals surface area contributed by atoms with Crippen molar-refractivity contribution in [2.75, 3.05) is 0 Å². The van der Waals surface area contributed by atoms with E-state index in [9.17, 15) is 9.59 Å². The first kappa shape index (κ1) is 20.0. The van der Waals surface area contributed by atoms with Gasteiger partial charge in [-0.05, 0) is 6.92 Å². The van der Waals surface area contributed by atoms with Crippen LogP contribution >= 0.6 is 0 Å². The highest BCUT2D eigenvalue weighted by Gasteiger charge is 2.23. The minimum Gasteiger partial charge on any atom is -0.481 e. The Balaban J connectivity index is 0. The Morgan fingerprint density at radius 2 is 1.56 bits per heavy atom. The van der Waals surface area contributed by atoms with Gasteiger partial charge in [-0.25, -0.2) is 0 Å². The second kappa shape index (κ2) is 11.7. The molecule has 0 amide bonds. The molecule has 0 saturated carbocycles. The SMILES string of the molecule is CC(=O)CC(=O)O.CCC[CH2][Al]([CH](C)C)[CH](C)C. The molecule has 0 bridgehead atoms. The Morgan fingerprint density at radius 1 is 1.11 bits per heavy atom. The summed E-state index contributed by atoms with van der Waals surface area (Å²) in [5.41, 5.74) is 0. The smallest absolute Gasteiger partial charge is 0.310 e. The van der Waals surface area contributed by atoms with Crippen LogP contribution in [0.4, 0.5) is 0 Å². The fourth-order valence-electron chi connectivity index (χ4n) is 2.09. The number of ketones is 1. The molecule has 18 heavy (non-hydrogen) atoms. The first-order valence-corrected chi connectivity index (χ1v) is 9.08. The quantitative estimate of drug-likeness (QED) is 0.559. The van der Waals surface area contributed by atoms with Crippen LogP contribution in [0.15, 0.2) is 0 Å². The van der Waals surface area contributed by atoms with E-state index in [0.29, 0.717) is 0 Å². The van der Waals surface area contributed by atoms with Crippen molar-refractivity contribution in [2.45, 2.75) is 75.6 Å². The summed E-state index contributed by atoms with van der Waals surface area (Å²) in [7, 11) is 0. The minimum atomic E-state index is -1.06. The molecule has 1 N–H and O–H groups in total. The molecule has 0 spiro atoms. The van der Waals surface area contributed by atoms with Crippen LogP contribution in [0.5, 0.6) is 0 Å². The average Bonchev–Trinajstić information content (AvgIpc) is 2.15. The van der Waals surface area contributed by atoms with Crippen LogP contribution in [0, 0.1) is 0 Å². The molecule has 0 rings (SSSR count). The predicted octanol–water partition coefficient (Wildman–Crippen LogP) is 4.15. The van der Waals surface area contributed by atoms with E-state index >= 15 is 0 Å². The van der Waals surface area contributed by atoms with E-state index in [0.717, 1.165) is 9.56 Å². The van der Waals surface area contributed by atoms with Crippen molar-refractivity contribution in [3.63, 3.8) is 0 Å². The Kier molecular flexibility index (Phi) is 13.1. The number of hydrogen-bond donors (Lipinski definition) is 1. The molecule has 0 aliphatic carbocycles. The maximum absolute atomic E-state index is 9.87. The summed E-state index contributed by atoms with van der Waals surface area (Å²) in [5, 5.41) is 9.42. The van der Waals surface area contributed by atoms with Gasteiger partial charge in [0.1, 0.15) is 12.2 Å². The number of carbonyl (C=O) groups excluding carboxylic acids is 1. The van der Waals surface area contributed by atoms with Crippen LogP contribution in [-0.4, -0.2) is 31.0 Å². The van der Waals surface area contributed by atoms with E-state index in [1.165, 1.54) is 19.8 Å². The van der Waals surface area contributed by atoms with Crippen molar-refractivity contribution in [3.8, 4) is 0 Å². The molecule has 0 aliphatic rings. The number of hydrogen-bond acceptors (Lipinski definition) is 2. The number of unbranched alkanes of at least 4 members (excludes halogenated alkanes) is 1. The lowest BCUT2D eigenvalue weighted by Gasteiger charge is -2.18. The molecule has 3 nitrogen and oxygen atoms in total. The van der Waals surface area contributed by atoms with Gasteiger partial charge in [-0.2, -0.15) is 0 Å². The number of carbonyl (C=O) groups is 2. The van der Waals surface area contributed by atoms with Crippen LogP contribution in [0.1, 0.15) is 60.8 Å². The highest BCUT2D eigenvalue weighted by molar-refractivity contribution is 6.61. The fourth-order valence-corrected chi connectivity index (χ4v) is 5.84. The van der Waals surface area contributed by atoms with Gasteiger partial charge < -0.3 is 5.11 Å². The molecule has 0 aliphatic heterocycles. The third-order valence-electron chi connectivity index (χ3n) is 3.00. The number of carboxylic acid groups (broad SMARTS) is 1. The summed E-state index contributed by atoms with van der Waals surface area (Å²) < 4.78 is 2.00. The monoisotopic (exact) mass is 272 g/mol. The predicted molar refractivity (Wildman–Crippen MR) is 78.6 cm³/mol. The molecule has 0 atom stereocenters. The average molecular weight is 272 g/mol. The van der Waals surface area contributed by atoms with Crippen LogP contribution in [-0.2, 0) is 9.59 Å². The van der Waals surface area contributed by atoms with E-state index in [1.807, 2.05) is 0 Å². The standard InChI is InChI=1S/C4H6O3.C4H9.2C3H7.Al/c1-3(5)2-4(6)7;1-3-4-2;2*1-3-2;/h2H2,1H3,(H,6,7);1,3-4H2,2H3;2*3H,1-2H3;. The van der Waals surface area contributed by atoms with E-state index in [-0.39, 0.29) is 12.2 Å². The molecule has 0 radical (unpaired) electrons. The fraction of sp³-hybridized carbons (Fsp3) is 0.857. The molecular formula is C14H29AlO3. The van der Waals surface area contributed by atoms with Crippen molar-refractivity contribution in [3.05, 3.63) is 0 Å². The number of carboxylic acids is 1. The maximum Gasteiger partial charge on any atom is 0.310 e. The highest BCUT2D eigenvalue weighted by atomic mass is 27.2. The van der Waals surface area contributed by atoms with Gasteiger partial charge in [-0.3, -0.25) is 9.59 Å². The Hall–Kier alpha value is -0.328. The zero-order chi connectivity index (χ0) is 14.7. The van der Waals surface area contributed by atoms with Crippen molar-refractivity contribution >= 4 is 25.9 Å². The van der Waals surface area contributed by atoms with Crippen molar-refractivity contribution in [2.24, 2.45) is 0 Å². The van der Waals surface area contributed by atoms with E-state index < -0.39 is 20.1 Å². The maximum atomic E-state index is 9.87. The summed E-state index contributed by atoms with van der Waals surface area (Å²) >= 11 is -0.398. The summed E-state index contributed by atoms with van der Waals surface area (Å²) in [5.74, 6) is -1.37. The van der Waals surface area contributed by atoms with Crippen LogP contribution in [0.3, 0.4) is 0 Å². The number of Topliss-reactive ketones (excluding diaryl/α,β-unsaturated/α-hetero) is 1. The molecule has 0 fully saturated rings. The zero-order valence-corrected chi connectivity index (χ0v) is 14.0. The second-order valence-corrected chi connectivity index (χ2v) is 10.1. The summed E-state index contributed by atoms with van der Waals surface area (Å²) in [6.07, 6.45) is 2.48. The molecule has 0 aromatic rings. The Labute approximate surface area is 116 Å². The van der Waals surface area contributed by atoms with Crippen LogP contribution in [0.2, 0.25) is 14.8 Å². The third kappa shape index (κ3) is 13.7. The van der Waals surface area contributed by atoms with Gasteiger partial charge in [-0.15, -0.1) is 0 Å². The Morgan fingerprint density at radius 3 is 1.72 bits per heavy atom. The minimum absolute atomic E-state index is 0.312. The number of rotatable bonds is 7. The van der Waals surface area contributed by atoms with Crippen molar-refractivity contribution < 1.29 is 14.7 Å². The van der Waals surface area contributed by atoms with Gasteiger partial charge in [0.25, 0.3) is 14.1 Å². The first-order valence-electron chi connectivity index (χ1n) is 6.93. The van der Waals surface area contributed by atoms with E-state index in [1.54, 1.807) is 5.28 Å². The van der Waals surface area contributed by atoms with Crippen molar-refractivity contribution in [1.82, 2.24) is 0 Å². The zero-order valence-electron chi connectivity index (χ0n) is 12.8. The highest BCUT2D eigenvalue weighted by Crippen LogP contribution is 2.24. The second-order valence-electron chi connectivity index (χ2n) is 5.57. The van der Waals surface area contributed by atoms with Gasteiger partial charge in [0.05, 0.1) is 0 Å². The number of aliphatic carboxylic acids is 1. The molecule has 106 valence electrons. The van der Waals surface area contributed by atoms with Crippen LogP contribution in [0.25, 0.3) is 0 Å². The first-order chi connectivity index (χ1) is 8.22. The van der Waals surface area contributed by atoms with E-state index in [2.05, 4.69) is 34.6 Å². The molecule has 0 aromatic carbocycles. The summed E-state index contributed by atoms with van der Waals surface area (Å²) in [6, 6.07) is 0. The molecule has 0 unspecified atom stereocenters. The Bertz CT molecular complexity index is 217. The summed E-state index contributed by atoms with van der Waals surface area (Å²) in [4.78, 5) is 19.5. The molecule has 0 heterocycles. The van der Waals surface area contributed by atoms with Gasteiger partial charge in [0.2, 0.25) is 0 Å². The lowest BCUT2D eigenvalue weighted by atomic mass is 10.3. The lowest BCUT2D eigenvalue weighted by Crippen LogP contribution is -2.20. The van der Waals surface area contributed by atoms with Gasteiger partial charge in [0.15, 0.2) is 0 Å². The normalized spacial score (nSPS) is 10.0. The topological polar surface area (TPSA) is 54.4 Å².